The third-order valence-corrected chi connectivity index (χ3v) is 2.24. The van der Waals surface area contributed by atoms with Crippen molar-refractivity contribution < 1.29 is 17.9 Å². The fraction of sp³-hybridized carbons (Fsp3) is 0.400. The summed E-state index contributed by atoms with van der Waals surface area (Å²) < 4.78 is 44.7. The lowest BCUT2D eigenvalue weighted by atomic mass is 10.00. The SMILES string of the molecule is Cc1cc(F)c2c(c1)C(F)(F)CCO2. The molecule has 1 aliphatic heterocycles. The molecule has 0 atom stereocenters. The van der Waals surface area contributed by atoms with E-state index in [-0.39, 0.29) is 24.3 Å². The van der Waals surface area contributed by atoms with Gasteiger partial charge in [-0.2, -0.15) is 0 Å². The third-order valence-electron chi connectivity index (χ3n) is 2.24. The summed E-state index contributed by atoms with van der Waals surface area (Å²) in [5.74, 6) is -3.98. The predicted octanol–water partition coefficient (Wildman–Crippen LogP) is 3.01. The first-order chi connectivity index (χ1) is 6.50. The zero-order valence-corrected chi connectivity index (χ0v) is 7.61. The van der Waals surface area contributed by atoms with Gasteiger partial charge in [-0.1, -0.05) is 0 Å². The molecule has 2 rings (SSSR count). The molecule has 14 heavy (non-hydrogen) atoms. The highest BCUT2D eigenvalue weighted by Gasteiger charge is 2.39. The lowest BCUT2D eigenvalue weighted by Gasteiger charge is -2.26. The average Bonchev–Trinajstić information content (AvgIpc) is 2.06. The molecule has 0 saturated heterocycles. The van der Waals surface area contributed by atoms with Crippen LogP contribution >= 0.6 is 0 Å². The molecule has 1 nitrogen and oxygen atoms in total. The van der Waals surface area contributed by atoms with Crippen LogP contribution in [0.15, 0.2) is 12.1 Å². The Morgan fingerprint density at radius 3 is 2.79 bits per heavy atom. The number of halogens is 3. The van der Waals surface area contributed by atoms with Crippen LogP contribution < -0.4 is 4.74 Å². The zero-order chi connectivity index (χ0) is 10.3. The molecule has 0 fully saturated rings. The summed E-state index contributed by atoms with van der Waals surface area (Å²) in [7, 11) is 0. The number of aryl methyl sites for hydroxylation is 1. The molecule has 0 spiro atoms. The van der Waals surface area contributed by atoms with Gasteiger partial charge in [0, 0.05) is 0 Å². The number of rotatable bonds is 0. The van der Waals surface area contributed by atoms with Crippen LogP contribution in [0.4, 0.5) is 13.2 Å². The van der Waals surface area contributed by atoms with Crippen molar-refractivity contribution in [2.75, 3.05) is 6.61 Å². The fourth-order valence-electron chi connectivity index (χ4n) is 1.56. The second kappa shape index (κ2) is 2.90. The number of hydrogen-bond acceptors (Lipinski definition) is 1. The minimum atomic E-state index is -2.97. The van der Waals surface area contributed by atoms with Crippen LogP contribution in [-0.4, -0.2) is 6.61 Å². The molecule has 0 amide bonds. The van der Waals surface area contributed by atoms with Crippen molar-refractivity contribution in [2.45, 2.75) is 19.3 Å². The van der Waals surface area contributed by atoms with Gasteiger partial charge in [-0.25, -0.2) is 13.2 Å². The maximum atomic E-state index is 13.3. The van der Waals surface area contributed by atoms with Crippen LogP contribution in [-0.2, 0) is 5.92 Å². The van der Waals surface area contributed by atoms with Gasteiger partial charge >= 0.3 is 0 Å². The Kier molecular flexibility index (Phi) is 1.94. The zero-order valence-electron chi connectivity index (χ0n) is 7.61. The predicted molar refractivity (Wildman–Crippen MR) is 45.1 cm³/mol. The van der Waals surface area contributed by atoms with Gasteiger partial charge in [0.25, 0.3) is 5.92 Å². The summed E-state index contributed by atoms with van der Waals surface area (Å²) in [6.07, 6.45) is -0.386. The summed E-state index contributed by atoms with van der Waals surface area (Å²) in [4.78, 5) is 0. The Morgan fingerprint density at radius 2 is 2.07 bits per heavy atom. The molecule has 1 aromatic rings. The van der Waals surface area contributed by atoms with E-state index in [1.165, 1.54) is 12.1 Å². The van der Waals surface area contributed by atoms with Crippen molar-refractivity contribution >= 4 is 0 Å². The number of alkyl halides is 2. The molecular formula is C10H9F3O. The number of hydrogen-bond donors (Lipinski definition) is 0. The largest absolute Gasteiger partial charge is 0.490 e. The van der Waals surface area contributed by atoms with Crippen LogP contribution in [0.25, 0.3) is 0 Å². The Labute approximate surface area is 79.5 Å². The van der Waals surface area contributed by atoms with E-state index in [9.17, 15) is 13.2 Å². The number of benzene rings is 1. The first kappa shape index (κ1) is 9.37. The third kappa shape index (κ3) is 1.35. The van der Waals surface area contributed by atoms with Crippen LogP contribution in [0.5, 0.6) is 5.75 Å². The molecule has 0 unspecified atom stereocenters. The molecule has 1 aliphatic rings. The summed E-state index contributed by atoms with van der Waals surface area (Å²) >= 11 is 0. The van der Waals surface area contributed by atoms with Crippen molar-refractivity contribution in [3.63, 3.8) is 0 Å². The molecule has 0 saturated carbocycles. The molecule has 1 aromatic carbocycles. The Balaban J connectivity index is 2.63. The van der Waals surface area contributed by atoms with Crippen molar-refractivity contribution in [3.05, 3.63) is 29.1 Å². The van der Waals surface area contributed by atoms with Gasteiger partial charge in [0.2, 0.25) is 0 Å². The van der Waals surface area contributed by atoms with Crippen LogP contribution in [0, 0.1) is 12.7 Å². The highest BCUT2D eigenvalue weighted by atomic mass is 19.3. The topological polar surface area (TPSA) is 9.23 Å². The van der Waals surface area contributed by atoms with Crippen molar-refractivity contribution in [1.29, 1.82) is 0 Å². The van der Waals surface area contributed by atoms with Gasteiger partial charge in [0.1, 0.15) is 0 Å². The van der Waals surface area contributed by atoms with E-state index >= 15 is 0 Å². The normalized spacial score (nSPS) is 18.6. The molecule has 1 heterocycles. The Bertz CT molecular complexity index is 374. The van der Waals surface area contributed by atoms with E-state index in [0.29, 0.717) is 5.56 Å². The minimum absolute atomic E-state index is 0.139. The van der Waals surface area contributed by atoms with Gasteiger partial charge in [-0.05, 0) is 24.6 Å². The minimum Gasteiger partial charge on any atom is -0.490 e. The second-order valence-corrected chi connectivity index (χ2v) is 3.43. The summed E-state index contributed by atoms with van der Waals surface area (Å²) in [5.41, 5.74) is 0.146. The van der Waals surface area contributed by atoms with Gasteiger partial charge in [0.15, 0.2) is 11.6 Å². The van der Waals surface area contributed by atoms with E-state index in [2.05, 4.69) is 0 Å². The maximum absolute atomic E-state index is 13.3. The number of fused-ring (bicyclic) bond motifs is 1. The summed E-state index contributed by atoms with van der Waals surface area (Å²) in [6, 6.07) is 2.47. The molecule has 0 aliphatic carbocycles. The smallest absolute Gasteiger partial charge is 0.280 e. The Hall–Kier alpha value is -1.19. The highest BCUT2D eigenvalue weighted by Crippen LogP contribution is 2.42. The molecule has 0 N–H and O–H groups in total. The standard InChI is InChI=1S/C10H9F3O/c1-6-4-7-9(8(11)5-6)14-3-2-10(7,12)13/h4-5H,2-3H2,1H3. The second-order valence-electron chi connectivity index (χ2n) is 3.43. The van der Waals surface area contributed by atoms with Crippen molar-refractivity contribution in [1.82, 2.24) is 0 Å². The lowest BCUT2D eigenvalue weighted by molar-refractivity contribution is -0.0417. The van der Waals surface area contributed by atoms with Gasteiger partial charge in [-0.3, -0.25) is 0 Å². The van der Waals surface area contributed by atoms with Gasteiger partial charge in [0.05, 0.1) is 18.6 Å². The van der Waals surface area contributed by atoms with Crippen LogP contribution in [0.1, 0.15) is 17.5 Å². The first-order valence-electron chi connectivity index (χ1n) is 4.32. The summed E-state index contributed by atoms with van der Waals surface area (Å²) in [5, 5.41) is 0. The molecule has 4 heteroatoms. The molecule has 0 radical (unpaired) electrons. The lowest BCUT2D eigenvalue weighted by Crippen LogP contribution is -2.25. The van der Waals surface area contributed by atoms with E-state index in [4.69, 9.17) is 4.74 Å². The molecule has 0 aromatic heterocycles. The average molecular weight is 202 g/mol. The fourth-order valence-corrected chi connectivity index (χ4v) is 1.56. The van der Waals surface area contributed by atoms with Crippen LogP contribution in [0.2, 0.25) is 0 Å². The van der Waals surface area contributed by atoms with E-state index in [0.717, 1.165) is 0 Å². The first-order valence-corrected chi connectivity index (χ1v) is 4.32. The van der Waals surface area contributed by atoms with E-state index in [1.54, 1.807) is 6.92 Å². The van der Waals surface area contributed by atoms with Crippen molar-refractivity contribution in [2.24, 2.45) is 0 Å². The molecule has 0 bridgehead atoms. The van der Waals surface area contributed by atoms with E-state index in [1.807, 2.05) is 0 Å². The summed E-state index contributed by atoms with van der Waals surface area (Å²) in [6.45, 7) is 1.44. The quantitative estimate of drug-likeness (QED) is 0.628. The maximum Gasteiger partial charge on any atom is 0.280 e. The van der Waals surface area contributed by atoms with E-state index < -0.39 is 11.7 Å². The molecular weight excluding hydrogens is 193 g/mol. The highest BCUT2D eigenvalue weighted by molar-refractivity contribution is 5.42. The monoisotopic (exact) mass is 202 g/mol. The van der Waals surface area contributed by atoms with Crippen molar-refractivity contribution in [3.8, 4) is 5.75 Å². The van der Waals surface area contributed by atoms with Gasteiger partial charge < -0.3 is 4.74 Å². The van der Waals surface area contributed by atoms with Gasteiger partial charge in [-0.15, -0.1) is 0 Å². The molecule has 76 valence electrons. The number of ether oxygens (including phenoxy) is 1. The van der Waals surface area contributed by atoms with Crippen LogP contribution in [0.3, 0.4) is 0 Å². The Morgan fingerprint density at radius 1 is 1.36 bits per heavy atom.